The van der Waals surface area contributed by atoms with Crippen molar-refractivity contribution in [2.45, 2.75) is 36.8 Å². The summed E-state index contributed by atoms with van der Waals surface area (Å²) in [7, 11) is 1.62. The van der Waals surface area contributed by atoms with Crippen LogP contribution in [-0.2, 0) is 15.9 Å². The molecule has 0 bridgehead atoms. The second-order valence-corrected chi connectivity index (χ2v) is 8.17. The van der Waals surface area contributed by atoms with Gasteiger partial charge in [0, 0.05) is 17.6 Å². The molecule has 4 N–H and O–H groups in total. The van der Waals surface area contributed by atoms with Gasteiger partial charge in [-0.05, 0) is 42.5 Å². The standard InChI is InChI=1S/C21H23ClN4O/c1-20(15-5-3-4-6-16(15)22)17(18(27)26(2)19(23)25-20)13-7-9-14(10-8-13)21(24)11-12-21/h3-10,17H,11-12,24H2,1-2H3,(H2,23,25)/t17-,20+/m0/s1. The summed E-state index contributed by atoms with van der Waals surface area (Å²) in [6, 6.07) is 15.5. The molecule has 1 aliphatic carbocycles. The summed E-state index contributed by atoms with van der Waals surface area (Å²) >= 11 is 6.47. The lowest BCUT2D eigenvalue weighted by Crippen LogP contribution is -2.62. The Labute approximate surface area is 164 Å². The number of likely N-dealkylation sites (N-methyl/N-ethyl adjacent to an activating group) is 1. The van der Waals surface area contributed by atoms with Crippen molar-refractivity contribution < 1.29 is 4.79 Å². The van der Waals surface area contributed by atoms with E-state index in [2.05, 4.69) is 5.32 Å². The van der Waals surface area contributed by atoms with Gasteiger partial charge in [0.25, 0.3) is 0 Å². The van der Waals surface area contributed by atoms with Crippen LogP contribution in [0.3, 0.4) is 0 Å². The van der Waals surface area contributed by atoms with Crippen LogP contribution in [0, 0.1) is 5.41 Å². The number of hydrogen-bond acceptors (Lipinski definition) is 3. The van der Waals surface area contributed by atoms with Crippen LogP contribution in [0.5, 0.6) is 0 Å². The van der Waals surface area contributed by atoms with Gasteiger partial charge in [0.05, 0.1) is 11.5 Å². The van der Waals surface area contributed by atoms with Gasteiger partial charge in [0.1, 0.15) is 0 Å². The molecule has 0 radical (unpaired) electrons. The highest BCUT2D eigenvalue weighted by Gasteiger charge is 2.49. The Morgan fingerprint density at radius 1 is 1.19 bits per heavy atom. The first-order chi connectivity index (χ1) is 12.8. The van der Waals surface area contributed by atoms with E-state index in [0.29, 0.717) is 5.02 Å². The molecule has 2 aromatic rings. The average Bonchev–Trinajstić information content (AvgIpc) is 3.39. The predicted molar refractivity (Wildman–Crippen MR) is 107 cm³/mol. The van der Waals surface area contributed by atoms with Crippen LogP contribution in [0.1, 0.15) is 42.4 Å². The Hall–Kier alpha value is -2.37. The zero-order valence-electron chi connectivity index (χ0n) is 15.4. The molecule has 5 nitrogen and oxygen atoms in total. The summed E-state index contributed by atoms with van der Waals surface area (Å²) in [6.45, 7) is 1.93. The van der Waals surface area contributed by atoms with Gasteiger partial charge in [0.15, 0.2) is 5.96 Å². The molecule has 1 amide bonds. The van der Waals surface area contributed by atoms with Gasteiger partial charge in [-0.3, -0.25) is 15.1 Å². The van der Waals surface area contributed by atoms with Crippen LogP contribution in [0.4, 0.5) is 0 Å². The van der Waals surface area contributed by atoms with E-state index in [9.17, 15) is 4.79 Å². The van der Waals surface area contributed by atoms with Crippen molar-refractivity contribution in [3.8, 4) is 0 Å². The van der Waals surface area contributed by atoms with E-state index in [1.54, 1.807) is 7.05 Å². The lowest BCUT2D eigenvalue weighted by molar-refractivity contribution is -0.131. The molecule has 2 aliphatic rings. The van der Waals surface area contributed by atoms with Gasteiger partial charge in [-0.1, -0.05) is 54.1 Å². The van der Waals surface area contributed by atoms with Crippen molar-refractivity contribution in [2.24, 2.45) is 5.73 Å². The van der Waals surface area contributed by atoms with Crippen molar-refractivity contribution >= 4 is 23.5 Å². The van der Waals surface area contributed by atoms with E-state index in [1.807, 2.05) is 55.5 Å². The molecule has 1 saturated heterocycles. The van der Waals surface area contributed by atoms with Gasteiger partial charge in [-0.2, -0.15) is 0 Å². The fourth-order valence-electron chi connectivity index (χ4n) is 3.96. The van der Waals surface area contributed by atoms with Gasteiger partial charge in [-0.25, -0.2) is 0 Å². The molecule has 2 fully saturated rings. The summed E-state index contributed by atoms with van der Waals surface area (Å²) < 4.78 is 0. The third-order valence-electron chi connectivity index (χ3n) is 5.91. The van der Waals surface area contributed by atoms with E-state index in [0.717, 1.165) is 29.5 Å². The maximum absolute atomic E-state index is 13.2. The third-order valence-corrected chi connectivity index (χ3v) is 6.24. The second-order valence-electron chi connectivity index (χ2n) is 7.76. The number of guanidine groups is 1. The molecule has 0 spiro atoms. The number of amides is 1. The second kappa shape index (κ2) is 6.08. The van der Waals surface area contributed by atoms with Crippen LogP contribution in [0.2, 0.25) is 5.02 Å². The Balaban J connectivity index is 1.82. The molecule has 2 atom stereocenters. The maximum atomic E-state index is 13.2. The van der Waals surface area contributed by atoms with E-state index >= 15 is 0 Å². The Morgan fingerprint density at radius 2 is 1.81 bits per heavy atom. The van der Waals surface area contributed by atoms with E-state index in [4.69, 9.17) is 22.7 Å². The van der Waals surface area contributed by atoms with Crippen LogP contribution in [0.25, 0.3) is 0 Å². The fraction of sp³-hybridized carbons (Fsp3) is 0.333. The lowest BCUT2D eigenvalue weighted by Gasteiger charge is -2.46. The molecule has 2 aromatic carbocycles. The SMILES string of the molecule is CN1C(=N)N[C@](C)(c2ccccc2Cl)[C@@H](c2ccc(C3(N)CC3)cc2)C1=O. The Kier molecular flexibility index (Phi) is 4.05. The summed E-state index contributed by atoms with van der Waals surface area (Å²) in [5.74, 6) is -0.588. The summed E-state index contributed by atoms with van der Waals surface area (Å²) in [4.78, 5) is 14.6. The van der Waals surface area contributed by atoms with Crippen LogP contribution in [-0.4, -0.2) is 23.8 Å². The largest absolute Gasteiger partial charge is 0.346 e. The smallest absolute Gasteiger partial charge is 0.239 e. The van der Waals surface area contributed by atoms with Crippen molar-refractivity contribution in [1.29, 1.82) is 5.41 Å². The molecule has 140 valence electrons. The number of carbonyl (C=O) groups excluding carboxylic acids is 1. The monoisotopic (exact) mass is 382 g/mol. The first-order valence-electron chi connectivity index (χ1n) is 9.05. The molecule has 6 heteroatoms. The summed E-state index contributed by atoms with van der Waals surface area (Å²) in [6.07, 6.45) is 1.99. The van der Waals surface area contributed by atoms with Gasteiger partial charge in [-0.15, -0.1) is 0 Å². The Morgan fingerprint density at radius 3 is 2.41 bits per heavy atom. The molecule has 27 heavy (non-hydrogen) atoms. The normalized spacial score (nSPS) is 26.7. The first-order valence-corrected chi connectivity index (χ1v) is 9.43. The summed E-state index contributed by atoms with van der Waals surface area (Å²) in [5, 5.41) is 12.0. The minimum atomic E-state index is -0.833. The van der Waals surface area contributed by atoms with E-state index < -0.39 is 11.5 Å². The highest BCUT2D eigenvalue weighted by atomic mass is 35.5. The first kappa shape index (κ1) is 18.0. The van der Waals surface area contributed by atoms with Crippen molar-refractivity contribution in [3.05, 3.63) is 70.2 Å². The summed E-state index contributed by atoms with van der Waals surface area (Å²) in [5.41, 5.74) is 8.03. The number of benzene rings is 2. The molecule has 4 rings (SSSR count). The molecular formula is C21H23ClN4O. The van der Waals surface area contributed by atoms with E-state index in [-0.39, 0.29) is 17.4 Å². The van der Waals surface area contributed by atoms with Crippen molar-refractivity contribution in [3.63, 3.8) is 0 Å². The van der Waals surface area contributed by atoms with Crippen LogP contribution in [0.15, 0.2) is 48.5 Å². The molecular weight excluding hydrogens is 360 g/mol. The number of hydrogen-bond donors (Lipinski definition) is 3. The minimum Gasteiger partial charge on any atom is -0.346 e. The highest BCUT2D eigenvalue weighted by Crippen LogP contribution is 2.45. The van der Waals surface area contributed by atoms with Crippen molar-refractivity contribution in [1.82, 2.24) is 10.2 Å². The number of nitrogens with two attached hydrogens (primary N) is 1. The van der Waals surface area contributed by atoms with Gasteiger partial charge < -0.3 is 11.1 Å². The van der Waals surface area contributed by atoms with Gasteiger partial charge >= 0.3 is 0 Å². The number of carbonyl (C=O) groups is 1. The van der Waals surface area contributed by atoms with Crippen LogP contribution >= 0.6 is 11.6 Å². The van der Waals surface area contributed by atoms with Gasteiger partial charge in [0.2, 0.25) is 5.91 Å². The quantitative estimate of drug-likeness (QED) is 0.761. The molecule has 0 aromatic heterocycles. The minimum absolute atomic E-state index is 0.0641. The fourth-order valence-corrected chi connectivity index (χ4v) is 4.30. The van der Waals surface area contributed by atoms with Crippen molar-refractivity contribution in [2.75, 3.05) is 7.05 Å². The lowest BCUT2D eigenvalue weighted by atomic mass is 9.73. The van der Waals surface area contributed by atoms with Crippen LogP contribution < -0.4 is 11.1 Å². The zero-order valence-corrected chi connectivity index (χ0v) is 16.2. The van der Waals surface area contributed by atoms with E-state index in [1.165, 1.54) is 4.90 Å². The number of nitrogens with zero attached hydrogens (tertiary/aromatic N) is 1. The topological polar surface area (TPSA) is 82.2 Å². The molecule has 1 saturated carbocycles. The average molecular weight is 383 g/mol. The molecule has 0 unspecified atom stereocenters. The predicted octanol–water partition coefficient (Wildman–Crippen LogP) is 3.28. The maximum Gasteiger partial charge on any atom is 0.239 e. The zero-order chi connectivity index (χ0) is 19.4. The Bertz CT molecular complexity index is 922. The number of rotatable bonds is 3. The third kappa shape index (κ3) is 2.82. The number of halogens is 1. The number of nitrogens with one attached hydrogen (secondary N) is 2. The molecule has 1 aliphatic heterocycles. The highest BCUT2D eigenvalue weighted by molar-refractivity contribution is 6.31. The molecule has 1 heterocycles.